The zero-order valence-electron chi connectivity index (χ0n) is 19.0. The molecule has 0 unspecified atom stereocenters. The quantitative estimate of drug-likeness (QED) is 0.522. The van der Waals surface area contributed by atoms with Gasteiger partial charge in [0.05, 0.1) is 24.5 Å². The standard InChI is InChI=1S/C26H25NO6/c1-26(2,3)33-25(29)27-13-16(15-8-5-6-9-18(15)27)21-12-22-17(14-31-21)24(28)23-19(30-4)10-7-11-20(23)32-22/h5-11,13-14,21-22H,12H2,1-4H3/t21-,22+/m1/s1. The summed E-state index contributed by atoms with van der Waals surface area (Å²) >= 11 is 0. The summed E-state index contributed by atoms with van der Waals surface area (Å²) in [5.41, 5.74) is 1.81. The number of carbonyl (C=O) groups is 2. The van der Waals surface area contributed by atoms with Crippen molar-refractivity contribution in [2.45, 2.75) is 45.0 Å². The molecule has 0 saturated carbocycles. The minimum atomic E-state index is -0.619. The van der Waals surface area contributed by atoms with E-state index in [1.54, 1.807) is 24.4 Å². The highest BCUT2D eigenvalue weighted by Crippen LogP contribution is 2.43. The number of para-hydroxylation sites is 1. The van der Waals surface area contributed by atoms with Crippen LogP contribution in [-0.4, -0.2) is 35.3 Å². The minimum absolute atomic E-state index is 0.159. The maximum absolute atomic E-state index is 13.1. The Bertz CT molecular complexity index is 1300. The molecule has 170 valence electrons. The molecule has 2 aliphatic heterocycles. The molecule has 0 N–H and O–H groups in total. The van der Waals surface area contributed by atoms with E-state index >= 15 is 0 Å². The molecular formula is C26H25NO6. The van der Waals surface area contributed by atoms with Crippen molar-refractivity contribution >= 4 is 22.8 Å². The summed E-state index contributed by atoms with van der Waals surface area (Å²) in [5.74, 6) is 0.811. The smallest absolute Gasteiger partial charge is 0.419 e. The van der Waals surface area contributed by atoms with Crippen LogP contribution in [0.25, 0.3) is 10.9 Å². The van der Waals surface area contributed by atoms with E-state index < -0.39 is 23.9 Å². The molecule has 0 fully saturated rings. The summed E-state index contributed by atoms with van der Waals surface area (Å²) in [4.78, 5) is 26.0. The molecule has 5 rings (SSSR count). The van der Waals surface area contributed by atoms with Crippen LogP contribution in [-0.2, 0) is 9.47 Å². The van der Waals surface area contributed by atoms with Gasteiger partial charge in [0, 0.05) is 23.6 Å². The summed E-state index contributed by atoms with van der Waals surface area (Å²) in [7, 11) is 1.52. The van der Waals surface area contributed by atoms with E-state index in [9.17, 15) is 9.59 Å². The molecule has 0 saturated heterocycles. The Hall–Kier alpha value is -3.74. The molecule has 0 aliphatic carbocycles. The van der Waals surface area contributed by atoms with E-state index in [4.69, 9.17) is 18.9 Å². The molecule has 0 radical (unpaired) electrons. The van der Waals surface area contributed by atoms with E-state index in [0.717, 1.165) is 16.5 Å². The van der Waals surface area contributed by atoms with Gasteiger partial charge in [0.1, 0.15) is 34.9 Å². The first-order valence-corrected chi connectivity index (χ1v) is 10.8. The molecule has 0 bridgehead atoms. The number of benzene rings is 2. The van der Waals surface area contributed by atoms with Gasteiger partial charge >= 0.3 is 6.09 Å². The van der Waals surface area contributed by atoms with E-state index in [-0.39, 0.29) is 5.78 Å². The van der Waals surface area contributed by atoms with Gasteiger partial charge in [-0.2, -0.15) is 0 Å². The SMILES string of the molecule is COc1cccc2c1C(=O)C1=CO[C@@H](c3cn(C(=O)OC(C)(C)C)c4ccccc34)C[C@@H]1O2. The summed E-state index contributed by atoms with van der Waals surface area (Å²) in [6, 6.07) is 12.9. The Kier molecular flexibility index (Phi) is 4.92. The molecule has 33 heavy (non-hydrogen) atoms. The number of ether oxygens (including phenoxy) is 4. The summed E-state index contributed by atoms with van der Waals surface area (Å²) in [6.45, 7) is 5.50. The summed E-state index contributed by atoms with van der Waals surface area (Å²) < 4.78 is 24.6. The molecule has 1 aromatic heterocycles. The predicted octanol–water partition coefficient (Wildman–Crippen LogP) is 5.42. The van der Waals surface area contributed by atoms with Crippen molar-refractivity contribution in [1.29, 1.82) is 0 Å². The van der Waals surface area contributed by atoms with Crippen LogP contribution in [0.4, 0.5) is 4.79 Å². The van der Waals surface area contributed by atoms with Crippen molar-refractivity contribution in [2.75, 3.05) is 7.11 Å². The average Bonchev–Trinajstić information content (AvgIpc) is 3.17. The van der Waals surface area contributed by atoms with Crippen molar-refractivity contribution in [3.8, 4) is 11.5 Å². The lowest BCUT2D eigenvalue weighted by atomic mass is 9.89. The van der Waals surface area contributed by atoms with Gasteiger partial charge in [-0.25, -0.2) is 4.79 Å². The van der Waals surface area contributed by atoms with Crippen molar-refractivity contribution in [1.82, 2.24) is 4.57 Å². The van der Waals surface area contributed by atoms with Crippen LogP contribution >= 0.6 is 0 Å². The Morgan fingerprint density at radius 3 is 2.64 bits per heavy atom. The lowest BCUT2D eigenvalue weighted by molar-refractivity contribution is 0.0530. The van der Waals surface area contributed by atoms with Crippen molar-refractivity contribution < 1.29 is 28.5 Å². The number of ketones is 1. The van der Waals surface area contributed by atoms with E-state index in [1.807, 2.05) is 45.0 Å². The fourth-order valence-corrected chi connectivity index (χ4v) is 4.35. The molecule has 2 aliphatic rings. The number of fused-ring (bicyclic) bond motifs is 3. The number of rotatable bonds is 2. The second kappa shape index (κ2) is 7.69. The van der Waals surface area contributed by atoms with Crippen LogP contribution < -0.4 is 9.47 Å². The second-order valence-corrected chi connectivity index (χ2v) is 9.15. The second-order valence-electron chi connectivity index (χ2n) is 9.15. The Labute approximate surface area is 191 Å². The van der Waals surface area contributed by atoms with Gasteiger partial charge < -0.3 is 18.9 Å². The number of methoxy groups -OCH3 is 1. The number of Topliss-reactive ketones (excluding diaryl/α,β-unsaturated/α-hetero) is 1. The monoisotopic (exact) mass is 447 g/mol. The van der Waals surface area contributed by atoms with E-state index in [1.165, 1.54) is 17.9 Å². The van der Waals surface area contributed by atoms with Crippen molar-refractivity contribution in [3.63, 3.8) is 0 Å². The molecule has 2 atom stereocenters. The first kappa shape index (κ1) is 21.1. The Morgan fingerprint density at radius 2 is 1.88 bits per heavy atom. The first-order chi connectivity index (χ1) is 15.8. The Balaban J connectivity index is 1.50. The molecule has 0 spiro atoms. The van der Waals surface area contributed by atoms with Gasteiger partial charge in [-0.05, 0) is 39.0 Å². The highest BCUT2D eigenvalue weighted by molar-refractivity contribution is 6.14. The molecule has 2 aromatic carbocycles. The molecule has 7 heteroatoms. The lowest BCUT2D eigenvalue weighted by Gasteiger charge is -2.34. The van der Waals surface area contributed by atoms with Crippen molar-refractivity contribution in [2.24, 2.45) is 0 Å². The zero-order valence-corrected chi connectivity index (χ0v) is 19.0. The maximum atomic E-state index is 13.1. The molecule has 3 aromatic rings. The number of nitrogens with zero attached hydrogens (tertiary/aromatic N) is 1. The topological polar surface area (TPSA) is 76.0 Å². The molecule has 0 amide bonds. The minimum Gasteiger partial charge on any atom is -0.496 e. The van der Waals surface area contributed by atoms with Crippen LogP contribution in [0.1, 0.15) is 49.2 Å². The highest BCUT2D eigenvalue weighted by Gasteiger charge is 2.40. The van der Waals surface area contributed by atoms with Gasteiger partial charge in [0.2, 0.25) is 5.78 Å². The first-order valence-electron chi connectivity index (χ1n) is 10.8. The van der Waals surface area contributed by atoms with E-state index in [2.05, 4.69) is 0 Å². The largest absolute Gasteiger partial charge is 0.496 e. The lowest BCUT2D eigenvalue weighted by Crippen LogP contribution is -2.35. The van der Waals surface area contributed by atoms with Gasteiger partial charge in [-0.3, -0.25) is 9.36 Å². The normalized spacial score (nSPS) is 19.6. The van der Waals surface area contributed by atoms with Gasteiger partial charge in [-0.1, -0.05) is 24.3 Å². The van der Waals surface area contributed by atoms with Gasteiger partial charge in [0.25, 0.3) is 0 Å². The van der Waals surface area contributed by atoms with Crippen LogP contribution in [0.15, 0.2) is 60.5 Å². The highest BCUT2D eigenvalue weighted by atomic mass is 16.6. The van der Waals surface area contributed by atoms with Crippen LogP contribution in [0, 0.1) is 0 Å². The fraction of sp³-hybridized carbons (Fsp3) is 0.308. The predicted molar refractivity (Wildman–Crippen MR) is 122 cm³/mol. The zero-order chi connectivity index (χ0) is 23.3. The summed E-state index contributed by atoms with van der Waals surface area (Å²) in [6.07, 6.45) is 2.35. The van der Waals surface area contributed by atoms with Crippen LogP contribution in [0.5, 0.6) is 11.5 Å². The number of hydrogen-bond acceptors (Lipinski definition) is 6. The van der Waals surface area contributed by atoms with Gasteiger partial charge in [-0.15, -0.1) is 0 Å². The van der Waals surface area contributed by atoms with Crippen LogP contribution in [0.3, 0.4) is 0 Å². The van der Waals surface area contributed by atoms with Crippen molar-refractivity contribution in [3.05, 3.63) is 71.6 Å². The van der Waals surface area contributed by atoms with E-state index in [0.29, 0.717) is 29.1 Å². The summed E-state index contributed by atoms with van der Waals surface area (Å²) in [5, 5.41) is 0.884. The molecule has 7 nitrogen and oxygen atoms in total. The maximum Gasteiger partial charge on any atom is 0.419 e. The van der Waals surface area contributed by atoms with Gasteiger partial charge in [0.15, 0.2) is 0 Å². The Morgan fingerprint density at radius 1 is 1.09 bits per heavy atom. The van der Waals surface area contributed by atoms with Crippen LogP contribution in [0.2, 0.25) is 0 Å². The molecule has 3 heterocycles. The number of aromatic nitrogens is 1. The third-order valence-corrected chi connectivity index (χ3v) is 5.78. The average molecular weight is 447 g/mol. The number of hydrogen-bond donors (Lipinski definition) is 0. The third-order valence-electron chi connectivity index (χ3n) is 5.78. The number of carbonyl (C=O) groups excluding carboxylic acids is 2. The fourth-order valence-electron chi connectivity index (χ4n) is 4.35. The molecular weight excluding hydrogens is 422 g/mol. The third kappa shape index (κ3) is 3.63.